The van der Waals surface area contributed by atoms with Gasteiger partial charge in [-0.25, -0.2) is 8.42 Å². The molecule has 0 aromatic carbocycles. The average Bonchev–Trinajstić information content (AvgIpc) is 2.84. The van der Waals surface area contributed by atoms with Crippen molar-refractivity contribution in [3.63, 3.8) is 0 Å². The van der Waals surface area contributed by atoms with Gasteiger partial charge in [-0.3, -0.25) is 0 Å². The minimum Gasteiger partial charge on any atom is -0.317 e. The van der Waals surface area contributed by atoms with Crippen molar-refractivity contribution in [1.82, 2.24) is 9.62 Å². The molecule has 0 spiro atoms. The molecule has 116 valence electrons. The van der Waals surface area contributed by atoms with Crippen LogP contribution in [0.4, 0.5) is 0 Å². The number of hydrogen-bond acceptors (Lipinski definition) is 4. The summed E-state index contributed by atoms with van der Waals surface area (Å²) in [5.74, 6) is 0.596. The molecule has 0 amide bonds. The first-order valence-electron chi connectivity index (χ1n) is 6.49. The lowest BCUT2D eigenvalue weighted by atomic mass is 9.98. The molecule has 1 aliphatic heterocycles. The molecular formula is C12H20BrClN2O2S2. The Morgan fingerprint density at radius 2 is 2.10 bits per heavy atom. The van der Waals surface area contributed by atoms with Gasteiger partial charge in [0.15, 0.2) is 0 Å². The van der Waals surface area contributed by atoms with Crippen molar-refractivity contribution in [3.05, 3.63) is 15.9 Å². The number of nitrogens with zero attached hydrogens (tertiary/aromatic N) is 1. The minimum absolute atomic E-state index is 0. The molecule has 0 saturated carbocycles. The summed E-state index contributed by atoms with van der Waals surface area (Å²) in [4.78, 5) is 0. The lowest BCUT2D eigenvalue weighted by Crippen LogP contribution is -2.40. The van der Waals surface area contributed by atoms with Gasteiger partial charge < -0.3 is 5.32 Å². The lowest BCUT2D eigenvalue weighted by molar-refractivity contribution is 0.269. The minimum atomic E-state index is -3.31. The predicted octanol–water partition coefficient (Wildman–Crippen LogP) is 2.94. The van der Waals surface area contributed by atoms with Crippen molar-refractivity contribution < 1.29 is 8.42 Å². The zero-order valence-corrected chi connectivity index (χ0v) is 15.4. The van der Waals surface area contributed by atoms with Crippen LogP contribution in [-0.4, -0.2) is 38.9 Å². The van der Waals surface area contributed by atoms with Crippen molar-refractivity contribution in [3.8, 4) is 0 Å². The van der Waals surface area contributed by atoms with Crippen molar-refractivity contribution in [2.75, 3.05) is 26.2 Å². The maximum Gasteiger partial charge on any atom is 0.253 e. The number of nitrogens with one attached hydrogen (secondary N) is 1. The molecule has 0 unspecified atom stereocenters. The highest BCUT2D eigenvalue weighted by atomic mass is 79.9. The number of sulfonamides is 1. The van der Waals surface area contributed by atoms with Gasteiger partial charge >= 0.3 is 0 Å². The summed E-state index contributed by atoms with van der Waals surface area (Å²) in [6.07, 6.45) is 1.88. The van der Waals surface area contributed by atoms with Crippen LogP contribution in [0, 0.1) is 5.92 Å². The molecule has 0 radical (unpaired) electrons. The van der Waals surface area contributed by atoms with Crippen LogP contribution in [0.2, 0.25) is 0 Å². The molecule has 8 heteroatoms. The quantitative estimate of drug-likeness (QED) is 0.822. The molecule has 1 fully saturated rings. The fourth-order valence-electron chi connectivity index (χ4n) is 2.28. The average molecular weight is 404 g/mol. The molecule has 1 aromatic rings. The van der Waals surface area contributed by atoms with Gasteiger partial charge in [0.05, 0.1) is 0 Å². The summed E-state index contributed by atoms with van der Waals surface area (Å²) < 4.78 is 27.7. The van der Waals surface area contributed by atoms with Gasteiger partial charge in [-0.05, 0) is 59.2 Å². The Kier molecular flexibility index (Phi) is 7.45. The number of halogens is 2. The third kappa shape index (κ3) is 4.18. The second-order valence-electron chi connectivity index (χ2n) is 4.71. The summed E-state index contributed by atoms with van der Waals surface area (Å²) in [5, 5.41) is 5.14. The molecule has 2 heterocycles. The lowest BCUT2D eigenvalue weighted by Gasteiger charge is -2.31. The van der Waals surface area contributed by atoms with Crippen LogP contribution in [0.25, 0.3) is 0 Å². The van der Waals surface area contributed by atoms with Crippen molar-refractivity contribution in [1.29, 1.82) is 0 Å². The van der Waals surface area contributed by atoms with Crippen molar-refractivity contribution >= 4 is 49.7 Å². The molecule has 0 bridgehead atoms. The highest BCUT2D eigenvalue weighted by molar-refractivity contribution is 9.10. The van der Waals surface area contributed by atoms with Gasteiger partial charge in [0.1, 0.15) is 4.21 Å². The molecule has 1 saturated heterocycles. The number of hydrogen-bond donors (Lipinski definition) is 1. The molecule has 1 aromatic heterocycles. The standard InChI is InChI=1S/C12H19BrN2O2S2.ClH/c1-2-14-9-10-3-6-15(7-4-10)19(16,17)12-11(13)5-8-18-12;/h5,8,10,14H,2-4,6-7,9H2,1H3;1H. The molecule has 0 atom stereocenters. The predicted molar refractivity (Wildman–Crippen MR) is 89.3 cm³/mol. The largest absolute Gasteiger partial charge is 0.317 e. The van der Waals surface area contributed by atoms with Crippen LogP contribution in [0.1, 0.15) is 19.8 Å². The fourth-order valence-corrected chi connectivity index (χ4v) is 6.20. The van der Waals surface area contributed by atoms with E-state index in [1.807, 2.05) is 0 Å². The van der Waals surface area contributed by atoms with Crippen molar-refractivity contribution in [2.45, 2.75) is 24.0 Å². The zero-order chi connectivity index (χ0) is 13.9. The highest BCUT2D eigenvalue weighted by Crippen LogP contribution is 2.32. The monoisotopic (exact) mass is 402 g/mol. The van der Waals surface area contributed by atoms with Gasteiger partial charge in [0.25, 0.3) is 10.0 Å². The normalized spacial score (nSPS) is 17.9. The summed E-state index contributed by atoms with van der Waals surface area (Å²) in [6, 6.07) is 1.79. The summed E-state index contributed by atoms with van der Waals surface area (Å²) in [5.41, 5.74) is 0. The molecular weight excluding hydrogens is 384 g/mol. The van der Waals surface area contributed by atoms with Gasteiger partial charge in [-0.15, -0.1) is 23.7 Å². The van der Waals surface area contributed by atoms with Crippen LogP contribution in [0.15, 0.2) is 20.1 Å². The third-order valence-corrected chi connectivity index (χ3v) is 7.96. The first-order valence-corrected chi connectivity index (χ1v) is 9.60. The Hall–Kier alpha value is 0.340. The first kappa shape index (κ1) is 18.4. The molecule has 4 nitrogen and oxygen atoms in total. The Bertz CT molecular complexity index is 513. The van der Waals surface area contributed by atoms with E-state index in [-0.39, 0.29) is 12.4 Å². The van der Waals surface area contributed by atoms with Crippen LogP contribution in [0.5, 0.6) is 0 Å². The van der Waals surface area contributed by atoms with Crippen LogP contribution >= 0.6 is 39.7 Å². The van der Waals surface area contributed by atoms with E-state index in [1.54, 1.807) is 15.8 Å². The molecule has 1 aliphatic rings. The third-order valence-electron chi connectivity index (χ3n) is 3.42. The number of thiophene rings is 1. The van der Waals surface area contributed by atoms with Crippen LogP contribution in [0.3, 0.4) is 0 Å². The van der Waals surface area contributed by atoms with E-state index >= 15 is 0 Å². The highest BCUT2D eigenvalue weighted by Gasteiger charge is 2.31. The number of piperidine rings is 1. The van der Waals surface area contributed by atoms with Gasteiger partial charge in [-0.2, -0.15) is 4.31 Å². The fraction of sp³-hybridized carbons (Fsp3) is 0.667. The van der Waals surface area contributed by atoms with E-state index in [2.05, 4.69) is 28.2 Å². The zero-order valence-electron chi connectivity index (χ0n) is 11.3. The van der Waals surface area contributed by atoms with E-state index in [1.165, 1.54) is 11.3 Å². The van der Waals surface area contributed by atoms with Crippen molar-refractivity contribution in [2.24, 2.45) is 5.92 Å². The Balaban J connectivity index is 0.00000200. The Morgan fingerprint density at radius 3 is 2.60 bits per heavy atom. The van der Waals surface area contributed by atoms with Crippen LogP contribution < -0.4 is 5.32 Å². The Labute approximate surface area is 139 Å². The molecule has 1 N–H and O–H groups in total. The first-order chi connectivity index (χ1) is 9.05. The van der Waals surface area contributed by atoms with E-state index in [4.69, 9.17) is 0 Å². The van der Waals surface area contributed by atoms with E-state index < -0.39 is 10.0 Å². The second-order valence-corrected chi connectivity index (χ2v) is 8.61. The van der Waals surface area contributed by atoms with Gasteiger partial charge in [0.2, 0.25) is 0 Å². The molecule has 2 rings (SSSR count). The Morgan fingerprint density at radius 1 is 1.45 bits per heavy atom. The van der Waals surface area contributed by atoms with Gasteiger partial charge in [0, 0.05) is 17.6 Å². The summed E-state index contributed by atoms with van der Waals surface area (Å²) >= 11 is 4.59. The SMILES string of the molecule is CCNCC1CCN(S(=O)(=O)c2sccc2Br)CC1.Cl. The van der Waals surface area contributed by atoms with E-state index in [0.717, 1.165) is 25.9 Å². The second kappa shape index (κ2) is 8.10. The van der Waals surface area contributed by atoms with Gasteiger partial charge in [-0.1, -0.05) is 6.92 Å². The van der Waals surface area contributed by atoms with E-state index in [0.29, 0.717) is 27.7 Å². The van der Waals surface area contributed by atoms with Crippen LogP contribution in [-0.2, 0) is 10.0 Å². The maximum atomic E-state index is 12.5. The number of rotatable bonds is 5. The summed E-state index contributed by atoms with van der Waals surface area (Å²) in [6.45, 7) is 5.31. The topological polar surface area (TPSA) is 49.4 Å². The summed E-state index contributed by atoms with van der Waals surface area (Å²) in [7, 11) is -3.31. The molecule has 0 aliphatic carbocycles. The maximum absolute atomic E-state index is 12.5. The smallest absolute Gasteiger partial charge is 0.253 e. The molecule has 20 heavy (non-hydrogen) atoms. The van der Waals surface area contributed by atoms with E-state index in [9.17, 15) is 8.42 Å².